The second kappa shape index (κ2) is 10.1. The van der Waals surface area contributed by atoms with Gasteiger partial charge < -0.3 is 25.6 Å². The summed E-state index contributed by atoms with van der Waals surface area (Å²) in [6.45, 7) is 1.28. The first kappa shape index (κ1) is 29.4. The molecule has 0 saturated heterocycles. The number of carbonyl (C=O) groups is 2. The molecule has 0 bridgehead atoms. The molecule has 2 fully saturated rings. The van der Waals surface area contributed by atoms with Crippen molar-refractivity contribution >= 4 is 34.3 Å². The van der Waals surface area contributed by atoms with Gasteiger partial charge in [0.05, 0.1) is 19.3 Å². The van der Waals surface area contributed by atoms with Crippen LogP contribution in [0.2, 0.25) is 5.02 Å². The van der Waals surface area contributed by atoms with Crippen molar-refractivity contribution in [1.29, 1.82) is 0 Å². The summed E-state index contributed by atoms with van der Waals surface area (Å²) in [5, 5.41) is 20.0. The average molecular weight is 638 g/mol. The van der Waals surface area contributed by atoms with E-state index >= 15 is 4.39 Å². The molecular formula is C32H30ClF2N5O5. The third-order valence-corrected chi connectivity index (χ3v) is 9.38. The molecule has 2 atom stereocenters. The predicted molar refractivity (Wildman–Crippen MR) is 160 cm³/mol. The molecule has 1 aliphatic heterocycles. The molecule has 0 radical (unpaired) electrons. The van der Waals surface area contributed by atoms with Crippen molar-refractivity contribution in [2.75, 3.05) is 20.3 Å². The van der Waals surface area contributed by atoms with Gasteiger partial charge >= 0.3 is 0 Å². The Morgan fingerprint density at radius 1 is 1.27 bits per heavy atom. The number of nitrogens with two attached hydrogens (primary N) is 1. The highest BCUT2D eigenvalue weighted by Crippen LogP contribution is 2.50. The monoisotopic (exact) mass is 637 g/mol. The minimum absolute atomic E-state index is 0.0654. The maximum atomic E-state index is 15.2. The van der Waals surface area contributed by atoms with Crippen LogP contribution in [0.4, 0.5) is 8.78 Å². The van der Waals surface area contributed by atoms with Gasteiger partial charge in [-0.25, -0.2) is 18.4 Å². The number of nitrogens with one attached hydrogen (secondary N) is 1. The molecule has 3 heterocycles. The van der Waals surface area contributed by atoms with Gasteiger partial charge in [-0.1, -0.05) is 11.6 Å². The number of benzene rings is 2. The quantitative estimate of drug-likeness (QED) is 0.246. The Bertz CT molecular complexity index is 1910. The highest BCUT2D eigenvalue weighted by molar-refractivity contribution is 6.30. The number of hydrogen-bond acceptors (Lipinski definition) is 7. The summed E-state index contributed by atoms with van der Waals surface area (Å²) in [4.78, 5) is 30.8. The van der Waals surface area contributed by atoms with Gasteiger partial charge in [-0.05, 0) is 62.1 Å². The molecule has 10 nitrogen and oxygen atoms in total. The topological polar surface area (TPSA) is 142 Å². The molecule has 2 aromatic heterocycles. The fourth-order valence-electron chi connectivity index (χ4n) is 5.92. The number of rotatable bonds is 9. The van der Waals surface area contributed by atoms with Gasteiger partial charge in [0.2, 0.25) is 11.7 Å². The molecule has 1 unspecified atom stereocenters. The Hall–Kier alpha value is -4.29. The second-order valence-electron chi connectivity index (χ2n) is 12.3. The summed E-state index contributed by atoms with van der Waals surface area (Å²) in [5.74, 6) is -3.15. The van der Waals surface area contributed by atoms with Crippen LogP contribution in [0.15, 0.2) is 42.6 Å². The normalized spacial score (nSPS) is 21.1. The van der Waals surface area contributed by atoms with E-state index in [1.807, 2.05) is 0 Å². The van der Waals surface area contributed by atoms with Crippen LogP contribution in [0.25, 0.3) is 22.2 Å². The van der Waals surface area contributed by atoms with E-state index in [1.54, 1.807) is 25.3 Å². The van der Waals surface area contributed by atoms with Gasteiger partial charge in [0.1, 0.15) is 46.1 Å². The van der Waals surface area contributed by atoms with Crippen LogP contribution in [-0.2, 0) is 21.6 Å². The van der Waals surface area contributed by atoms with Crippen molar-refractivity contribution in [2.24, 2.45) is 11.7 Å². The predicted octanol–water partition coefficient (Wildman–Crippen LogP) is 4.48. The van der Waals surface area contributed by atoms with Gasteiger partial charge in [-0.3, -0.25) is 9.59 Å². The van der Waals surface area contributed by atoms with Crippen LogP contribution in [0.3, 0.4) is 0 Å². The van der Waals surface area contributed by atoms with Gasteiger partial charge in [0.25, 0.3) is 5.91 Å². The zero-order chi connectivity index (χ0) is 31.9. The molecule has 2 amide bonds. The third-order valence-electron chi connectivity index (χ3n) is 9.15. The minimum Gasteiger partial charge on any atom is -0.494 e. The first-order chi connectivity index (χ1) is 21.4. The number of amides is 2. The maximum Gasteiger partial charge on any atom is 0.251 e. The molecule has 7 rings (SSSR count). The van der Waals surface area contributed by atoms with E-state index in [1.165, 1.54) is 30.0 Å². The molecule has 0 spiro atoms. The summed E-state index contributed by atoms with van der Waals surface area (Å²) in [5.41, 5.74) is 4.13. The fourth-order valence-corrected chi connectivity index (χ4v) is 6.08. The van der Waals surface area contributed by atoms with E-state index in [2.05, 4.69) is 15.4 Å². The second-order valence-corrected chi connectivity index (χ2v) is 12.8. The Kier molecular flexibility index (Phi) is 6.61. The van der Waals surface area contributed by atoms with Crippen molar-refractivity contribution < 1.29 is 33.0 Å². The third kappa shape index (κ3) is 4.78. The summed E-state index contributed by atoms with van der Waals surface area (Å²) < 4.78 is 42.5. The van der Waals surface area contributed by atoms with Crippen molar-refractivity contribution in [3.8, 4) is 22.8 Å². The number of alkyl halides is 1. The highest BCUT2D eigenvalue weighted by Gasteiger charge is 2.50. The number of halogens is 3. The van der Waals surface area contributed by atoms with E-state index < -0.39 is 34.4 Å². The van der Waals surface area contributed by atoms with E-state index in [0.29, 0.717) is 47.9 Å². The fraction of sp³-hybridized carbons (Fsp3) is 0.375. The molecule has 13 heteroatoms. The molecule has 2 aliphatic carbocycles. The number of methoxy groups -OCH3 is 1. The van der Waals surface area contributed by atoms with E-state index in [4.69, 9.17) is 26.8 Å². The number of pyridine rings is 1. The summed E-state index contributed by atoms with van der Waals surface area (Å²) in [6.07, 6.45) is 3.59. The van der Waals surface area contributed by atoms with Gasteiger partial charge in [-0.2, -0.15) is 5.10 Å². The Balaban J connectivity index is 1.26. The zero-order valence-corrected chi connectivity index (χ0v) is 25.3. The van der Waals surface area contributed by atoms with Crippen LogP contribution in [0.1, 0.15) is 54.2 Å². The molecule has 4 N–H and O–H groups in total. The minimum atomic E-state index is -1.69. The SMILES string of the molecule is COc1cc(C(=O)NCC(O)(c2cc3c(c(-c4ccc(Cl)cc4F)n2)OC[C@]3(C)C(N)=O)C2CC2)cc2cn(C3(F)CC3)nc12. The van der Waals surface area contributed by atoms with Crippen LogP contribution >= 0.6 is 11.6 Å². The summed E-state index contributed by atoms with van der Waals surface area (Å²) >= 11 is 6.00. The zero-order valence-electron chi connectivity index (χ0n) is 24.5. The summed E-state index contributed by atoms with van der Waals surface area (Å²) in [7, 11) is 1.44. The Labute approximate surface area is 261 Å². The molecule has 45 heavy (non-hydrogen) atoms. The number of fused-ring (bicyclic) bond motifs is 2. The largest absolute Gasteiger partial charge is 0.494 e. The molecule has 2 saturated carbocycles. The van der Waals surface area contributed by atoms with Crippen molar-refractivity contribution in [3.63, 3.8) is 0 Å². The standard InChI is InChI=1S/C32H30ClF2N5O5/c1-30(29(36)42)15-45-27-21(30)12-24(38-26(27)20-6-5-19(33)11-22(20)34)32(43,18-3-4-18)14-37-28(41)16-9-17-13-40(31(35)7-8-31)39-25(17)23(10-16)44-2/h5-6,9-13,18,43H,3-4,7-8,14-15H2,1-2H3,(H2,36,42)(H,37,41)/t30-,32?/m0/s1. The number of ether oxygens (including phenoxy) is 2. The molecule has 4 aromatic rings. The average Bonchev–Trinajstić information content (AvgIpc) is 3.93. The first-order valence-corrected chi connectivity index (χ1v) is 15.0. The van der Waals surface area contributed by atoms with E-state index in [9.17, 15) is 19.1 Å². The number of hydrogen-bond donors (Lipinski definition) is 3. The van der Waals surface area contributed by atoms with Crippen LogP contribution in [0, 0.1) is 11.7 Å². The number of nitrogens with zero attached hydrogens (tertiary/aromatic N) is 3. The molecular weight excluding hydrogens is 608 g/mol. The maximum absolute atomic E-state index is 15.2. The van der Waals surface area contributed by atoms with Crippen LogP contribution in [-0.4, -0.2) is 51.9 Å². The van der Waals surface area contributed by atoms with Crippen molar-refractivity contribution in [3.05, 3.63) is 70.3 Å². The molecule has 3 aliphatic rings. The van der Waals surface area contributed by atoms with Gasteiger partial charge in [0, 0.05) is 46.1 Å². The van der Waals surface area contributed by atoms with Gasteiger partial charge in [0.15, 0.2) is 0 Å². The number of carbonyl (C=O) groups excluding carboxylic acids is 2. The first-order valence-electron chi connectivity index (χ1n) is 14.6. The smallest absolute Gasteiger partial charge is 0.251 e. The van der Waals surface area contributed by atoms with Crippen molar-refractivity contribution in [2.45, 2.75) is 49.4 Å². The number of aliphatic hydroxyl groups is 1. The van der Waals surface area contributed by atoms with Crippen molar-refractivity contribution in [1.82, 2.24) is 20.1 Å². The van der Waals surface area contributed by atoms with E-state index in [-0.39, 0.29) is 52.4 Å². The Morgan fingerprint density at radius 2 is 2.02 bits per heavy atom. The lowest BCUT2D eigenvalue weighted by molar-refractivity contribution is -0.123. The molecule has 2 aromatic carbocycles. The van der Waals surface area contributed by atoms with Crippen LogP contribution in [0.5, 0.6) is 11.5 Å². The molecule has 234 valence electrons. The van der Waals surface area contributed by atoms with Crippen LogP contribution < -0.4 is 20.5 Å². The summed E-state index contributed by atoms with van der Waals surface area (Å²) in [6, 6.07) is 8.74. The Morgan fingerprint density at radius 3 is 2.67 bits per heavy atom. The number of primary amides is 1. The van der Waals surface area contributed by atoms with Gasteiger partial charge in [-0.15, -0.1) is 0 Å². The van der Waals surface area contributed by atoms with E-state index in [0.717, 1.165) is 6.07 Å². The lowest BCUT2D eigenvalue weighted by Crippen LogP contribution is -2.44. The highest BCUT2D eigenvalue weighted by atomic mass is 35.5. The number of aromatic nitrogens is 3. The lowest BCUT2D eigenvalue weighted by atomic mass is 9.81. The lowest BCUT2D eigenvalue weighted by Gasteiger charge is -2.30.